The Kier molecular flexibility index (Phi) is 6.52. The fourth-order valence-electron chi connectivity index (χ4n) is 4.14. The molecule has 0 amide bonds. The van der Waals surface area contributed by atoms with E-state index >= 15 is 0 Å². The smallest absolute Gasteiger partial charge is 0.120 e. The minimum absolute atomic E-state index is 0.429. The van der Waals surface area contributed by atoms with Crippen molar-refractivity contribution >= 4 is 0 Å². The van der Waals surface area contributed by atoms with Crippen LogP contribution in [0.2, 0.25) is 0 Å². The Morgan fingerprint density at radius 1 is 1.00 bits per heavy atom. The van der Waals surface area contributed by atoms with Gasteiger partial charge in [-0.15, -0.1) is 0 Å². The number of ether oxygens (including phenoxy) is 1. The fourth-order valence-corrected chi connectivity index (χ4v) is 4.14. The maximum atomic E-state index is 6.02. The Labute approximate surface area is 152 Å². The van der Waals surface area contributed by atoms with Gasteiger partial charge in [-0.1, -0.05) is 68.7 Å². The van der Waals surface area contributed by atoms with E-state index in [1.807, 2.05) is 6.07 Å². The Balaban J connectivity index is 1.64. The number of rotatable bonds is 7. The molecule has 0 radical (unpaired) electrons. The maximum Gasteiger partial charge on any atom is 0.120 e. The van der Waals surface area contributed by atoms with Crippen LogP contribution < -0.4 is 10.1 Å². The molecular formula is C23H31NO. The molecule has 0 spiro atoms. The number of benzene rings is 2. The summed E-state index contributed by atoms with van der Waals surface area (Å²) in [4.78, 5) is 0. The van der Waals surface area contributed by atoms with E-state index in [4.69, 9.17) is 4.74 Å². The second kappa shape index (κ2) is 9.05. The van der Waals surface area contributed by atoms with Crippen molar-refractivity contribution in [3.05, 3.63) is 65.7 Å². The second-order valence-corrected chi connectivity index (χ2v) is 7.30. The van der Waals surface area contributed by atoms with Crippen molar-refractivity contribution < 1.29 is 4.74 Å². The van der Waals surface area contributed by atoms with Gasteiger partial charge in [-0.25, -0.2) is 0 Å². The van der Waals surface area contributed by atoms with Crippen molar-refractivity contribution in [2.75, 3.05) is 7.05 Å². The topological polar surface area (TPSA) is 21.3 Å². The highest BCUT2D eigenvalue weighted by atomic mass is 16.5. The van der Waals surface area contributed by atoms with Crippen LogP contribution in [0.1, 0.15) is 56.2 Å². The van der Waals surface area contributed by atoms with Gasteiger partial charge in [-0.3, -0.25) is 0 Å². The first-order chi connectivity index (χ1) is 12.3. The van der Waals surface area contributed by atoms with E-state index < -0.39 is 0 Å². The summed E-state index contributed by atoms with van der Waals surface area (Å²) in [5.74, 6) is 2.63. The van der Waals surface area contributed by atoms with Crippen LogP contribution in [0, 0.1) is 11.8 Å². The molecule has 1 atom stereocenters. The van der Waals surface area contributed by atoms with E-state index in [-0.39, 0.29) is 0 Å². The van der Waals surface area contributed by atoms with Crippen LogP contribution in [0.25, 0.3) is 0 Å². The molecule has 134 valence electrons. The second-order valence-electron chi connectivity index (χ2n) is 7.30. The summed E-state index contributed by atoms with van der Waals surface area (Å²) in [5.41, 5.74) is 2.56. The highest BCUT2D eigenvalue weighted by molar-refractivity contribution is 5.31. The third kappa shape index (κ3) is 4.85. The predicted octanol–water partition coefficient (Wildman–Crippen LogP) is 5.74. The van der Waals surface area contributed by atoms with Gasteiger partial charge < -0.3 is 10.1 Å². The van der Waals surface area contributed by atoms with Crippen LogP contribution in [0.3, 0.4) is 0 Å². The van der Waals surface area contributed by atoms with Gasteiger partial charge in [0.2, 0.25) is 0 Å². The lowest BCUT2D eigenvalue weighted by atomic mass is 9.76. The van der Waals surface area contributed by atoms with Crippen molar-refractivity contribution in [3.63, 3.8) is 0 Å². The van der Waals surface area contributed by atoms with Gasteiger partial charge >= 0.3 is 0 Å². The Morgan fingerprint density at radius 3 is 2.44 bits per heavy atom. The van der Waals surface area contributed by atoms with Crippen LogP contribution in [-0.2, 0) is 6.61 Å². The van der Waals surface area contributed by atoms with Gasteiger partial charge in [0.25, 0.3) is 0 Å². The third-order valence-electron chi connectivity index (χ3n) is 5.72. The zero-order chi connectivity index (χ0) is 17.5. The van der Waals surface area contributed by atoms with Gasteiger partial charge in [0, 0.05) is 6.04 Å². The average molecular weight is 338 g/mol. The van der Waals surface area contributed by atoms with Gasteiger partial charge in [0.15, 0.2) is 0 Å². The molecule has 0 heterocycles. The molecule has 1 fully saturated rings. The highest BCUT2D eigenvalue weighted by Gasteiger charge is 2.27. The molecule has 25 heavy (non-hydrogen) atoms. The Hall–Kier alpha value is -1.80. The lowest BCUT2D eigenvalue weighted by molar-refractivity contribution is 0.223. The van der Waals surface area contributed by atoms with E-state index in [1.165, 1.54) is 43.2 Å². The normalized spacial score (nSPS) is 21.7. The SMILES string of the molecule is CCC1CCC(C(NC)c2cccc(OCc3ccccc3)c2)CC1. The zero-order valence-corrected chi connectivity index (χ0v) is 15.6. The summed E-state index contributed by atoms with van der Waals surface area (Å²) in [6, 6.07) is 19.4. The van der Waals surface area contributed by atoms with E-state index in [0.29, 0.717) is 12.6 Å². The third-order valence-corrected chi connectivity index (χ3v) is 5.72. The molecule has 2 heteroatoms. The molecule has 0 aliphatic heterocycles. The average Bonchev–Trinajstić information content (AvgIpc) is 2.69. The minimum atomic E-state index is 0.429. The summed E-state index contributed by atoms with van der Waals surface area (Å²) < 4.78 is 6.02. The van der Waals surface area contributed by atoms with Crippen molar-refractivity contribution in [1.82, 2.24) is 5.32 Å². The fraction of sp³-hybridized carbons (Fsp3) is 0.478. The van der Waals surface area contributed by atoms with Gasteiger partial charge in [-0.05, 0) is 55.0 Å². The maximum absolute atomic E-state index is 6.02. The van der Waals surface area contributed by atoms with E-state index in [2.05, 4.69) is 67.8 Å². The van der Waals surface area contributed by atoms with Gasteiger partial charge in [0.1, 0.15) is 12.4 Å². The molecule has 0 saturated heterocycles. The van der Waals surface area contributed by atoms with Crippen LogP contribution in [0.15, 0.2) is 54.6 Å². The molecule has 2 aromatic rings. The van der Waals surface area contributed by atoms with E-state index in [9.17, 15) is 0 Å². The molecule has 1 aliphatic carbocycles. The summed E-state index contributed by atoms with van der Waals surface area (Å²) in [6.45, 7) is 2.95. The van der Waals surface area contributed by atoms with E-state index in [1.54, 1.807) is 0 Å². The minimum Gasteiger partial charge on any atom is -0.489 e. The first-order valence-electron chi connectivity index (χ1n) is 9.74. The molecule has 2 aromatic carbocycles. The molecule has 2 nitrogen and oxygen atoms in total. The molecule has 0 aromatic heterocycles. The predicted molar refractivity (Wildman–Crippen MR) is 105 cm³/mol. The van der Waals surface area contributed by atoms with Crippen LogP contribution >= 0.6 is 0 Å². The van der Waals surface area contributed by atoms with Crippen LogP contribution in [-0.4, -0.2) is 7.05 Å². The van der Waals surface area contributed by atoms with Crippen molar-refractivity contribution in [1.29, 1.82) is 0 Å². The molecule has 1 aliphatic rings. The van der Waals surface area contributed by atoms with Crippen molar-refractivity contribution in [2.24, 2.45) is 11.8 Å². The standard InChI is InChI=1S/C23H31NO/c1-3-18-12-14-20(15-13-18)23(24-2)21-10-7-11-22(16-21)25-17-19-8-5-4-6-9-19/h4-11,16,18,20,23-24H,3,12-15,17H2,1-2H3. The number of hydrogen-bond donors (Lipinski definition) is 1. The monoisotopic (exact) mass is 337 g/mol. The van der Waals surface area contributed by atoms with Crippen LogP contribution in [0.4, 0.5) is 0 Å². The summed E-state index contributed by atoms with van der Waals surface area (Å²) >= 11 is 0. The Morgan fingerprint density at radius 2 is 1.76 bits per heavy atom. The first kappa shape index (κ1) is 18.0. The molecular weight excluding hydrogens is 306 g/mol. The van der Waals surface area contributed by atoms with Gasteiger partial charge in [0.05, 0.1) is 0 Å². The molecule has 1 unspecified atom stereocenters. The molecule has 1 saturated carbocycles. The molecule has 3 rings (SSSR count). The molecule has 1 N–H and O–H groups in total. The highest BCUT2D eigenvalue weighted by Crippen LogP contribution is 2.38. The number of hydrogen-bond acceptors (Lipinski definition) is 2. The van der Waals surface area contributed by atoms with E-state index in [0.717, 1.165) is 17.6 Å². The van der Waals surface area contributed by atoms with Crippen molar-refractivity contribution in [3.8, 4) is 5.75 Å². The first-order valence-corrected chi connectivity index (χ1v) is 9.74. The number of nitrogens with one attached hydrogen (secondary N) is 1. The van der Waals surface area contributed by atoms with Crippen molar-refractivity contribution in [2.45, 2.75) is 51.7 Å². The lowest BCUT2D eigenvalue weighted by Gasteiger charge is -2.34. The largest absolute Gasteiger partial charge is 0.489 e. The van der Waals surface area contributed by atoms with Crippen LogP contribution in [0.5, 0.6) is 5.75 Å². The summed E-state index contributed by atoms with van der Waals surface area (Å²) in [6.07, 6.45) is 6.76. The lowest BCUT2D eigenvalue weighted by Crippen LogP contribution is -2.28. The zero-order valence-electron chi connectivity index (χ0n) is 15.6. The Bertz CT molecular complexity index is 632. The summed E-state index contributed by atoms with van der Waals surface area (Å²) in [5, 5.41) is 3.57. The van der Waals surface area contributed by atoms with Gasteiger partial charge in [-0.2, -0.15) is 0 Å². The molecule has 0 bridgehead atoms. The quantitative estimate of drug-likeness (QED) is 0.695. The summed E-state index contributed by atoms with van der Waals surface area (Å²) in [7, 11) is 2.09.